The number of hydrogen-bond donors (Lipinski definition) is 1. The normalized spacial score (nSPS) is 14.4. The molecule has 11 heteroatoms. The first-order valence-electron chi connectivity index (χ1n) is 11.0. The topological polar surface area (TPSA) is 136 Å². The predicted octanol–water partition coefficient (Wildman–Crippen LogP) is 3.19. The maximum Gasteiger partial charge on any atom is 0.306 e. The first kappa shape index (κ1) is 25.3. The summed E-state index contributed by atoms with van der Waals surface area (Å²) >= 11 is 0. The number of benzene rings is 2. The van der Waals surface area contributed by atoms with Gasteiger partial charge in [0.25, 0.3) is 11.6 Å². The summed E-state index contributed by atoms with van der Waals surface area (Å²) in [5.74, 6) is -1.20. The highest BCUT2D eigenvalue weighted by atomic mass is 32.2. The lowest BCUT2D eigenvalue weighted by atomic mass is 10.1. The largest absolute Gasteiger partial charge is 0.456 e. The summed E-state index contributed by atoms with van der Waals surface area (Å²) in [7, 11) is -3.50. The van der Waals surface area contributed by atoms with Crippen molar-refractivity contribution in [3.05, 3.63) is 63.7 Å². The molecule has 1 saturated heterocycles. The van der Waals surface area contributed by atoms with Crippen LogP contribution in [0.4, 0.5) is 11.4 Å². The van der Waals surface area contributed by atoms with Gasteiger partial charge < -0.3 is 10.1 Å². The Balaban J connectivity index is 1.45. The van der Waals surface area contributed by atoms with Crippen LogP contribution in [-0.2, 0) is 30.8 Å². The number of carbonyl (C=O) groups is 2. The van der Waals surface area contributed by atoms with Crippen LogP contribution in [0.25, 0.3) is 0 Å². The van der Waals surface area contributed by atoms with Gasteiger partial charge in [-0.2, -0.15) is 4.31 Å². The molecular formula is C23H27N3O7S. The highest BCUT2D eigenvalue weighted by Gasteiger charge is 2.25. The molecule has 1 fully saturated rings. The Morgan fingerprint density at radius 2 is 1.76 bits per heavy atom. The Bertz CT molecular complexity index is 1160. The van der Waals surface area contributed by atoms with E-state index in [2.05, 4.69) is 5.32 Å². The zero-order chi connectivity index (χ0) is 24.7. The molecule has 1 amide bonds. The zero-order valence-electron chi connectivity index (χ0n) is 18.9. The molecule has 0 atom stereocenters. The lowest BCUT2D eigenvalue weighted by molar-refractivity contribution is -0.385. The minimum Gasteiger partial charge on any atom is -0.456 e. The molecule has 2 aromatic carbocycles. The van der Waals surface area contributed by atoms with Crippen LogP contribution in [0.3, 0.4) is 0 Å². The summed E-state index contributed by atoms with van der Waals surface area (Å²) in [5.41, 5.74) is 1.35. The van der Waals surface area contributed by atoms with Gasteiger partial charge in [0.15, 0.2) is 6.61 Å². The Hall–Kier alpha value is -3.31. The number of nitrogens with zero attached hydrogens (tertiary/aromatic N) is 2. The molecule has 2 aromatic rings. The van der Waals surface area contributed by atoms with Crippen molar-refractivity contribution in [1.82, 2.24) is 4.31 Å². The molecule has 0 saturated carbocycles. The van der Waals surface area contributed by atoms with E-state index in [0.717, 1.165) is 24.8 Å². The first-order chi connectivity index (χ1) is 16.2. The fraction of sp³-hybridized carbons (Fsp3) is 0.391. The highest BCUT2D eigenvalue weighted by molar-refractivity contribution is 7.89. The smallest absolute Gasteiger partial charge is 0.306 e. The molecule has 0 spiro atoms. The number of anilines is 1. The van der Waals surface area contributed by atoms with Gasteiger partial charge in [-0.3, -0.25) is 19.7 Å². The molecule has 10 nitrogen and oxygen atoms in total. The fourth-order valence-corrected chi connectivity index (χ4v) is 5.15. The molecule has 1 N–H and O–H groups in total. The lowest BCUT2D eigenvalue weighted by Gasteiger charge is -2.25. The number of esters is 1. The highest BCUT2D eigenvalue weighted by Crippen LogP contribution is 2.23. The van der Waals surface area contributed by atoms with Crippen LogP contribution < -0.4 is 5.32 Å². The molecule has 1 heterocycles. The molecule has 3 rings (SSSR count). The molecule has 182 valence electrons. The van der Waals surface area contributed by atoms with E-state index in [1.165, 1.54) is 22.5 Å². The van der Waals surface area contributed by atoms with Crippen LogP contribution in [0, 0.1) is 17.0 Å². The van der Waals surface area contributed by atoms with Gasteiger partial charge in [-0.05, 0) is 49.9 Å². The fourth-order valence-electron chi connectivity index (χ4n) is 3.63. The Morgan fingerprint density at radius 3 is 2.41 bits per heavy atom. The maximum atomic E-state index is 12.7. The number of nitro benzene ring substituents is 1. The summed E-state index contributed by atoms with van der Waals surface area (Å²) in [6.45, 7) is 2.13. The summed E-state index contributed by atoms with van der Waals surface area (Å²) in [4.78, 5) is 34.7. The van der Waals surface area contributed by atoms with E-state index in [-0.39, 0.29) is 22.7 Å². The SMILES string of the molecule is Cc1ccc(NC(=O)COC(=O)CCc2ccc(S(=O)(=O)N3CCCCC3)cc2)cc1[N+](=O)[O-]. The third kappa shape index (κ3) is 6.61. The van der Waals surface area contributed by atoms with E-state index in [9.17, 15) is 28.1 Å². The second-order valence-electron chi connectivity index (χ2n) is 8.08. The first-order valence-corrected chi connectivity index (χ1v) is 12.4. The summed E-state index contributed by atoms with van der Waals surface area (Å²) in [6.07, 6.45) is 3.11. The van der Waals surface area contributed by atoms with Gasteiger partial charge in [-0.15, -0.1) is 0 Å². The zero-order valence-corrected chi connectivity index (χ0v) is 19.7. The van der Waals surface area contributed by atoms with Crippen LogP contribution in [0.5, 0.6) is 0 Å². The van der Waals surface area contributed by atoms with Gasteiger partial charge in [-0.1, -0.05) is 24.6 Å². The van der Waals surface area contributed by atoms with Crippen molar-refractivity contribution in [2.75, 3.05) is 25.0 Å². The van der Waals surface area contributed by atoms with Gasteiger partial charge in [0.1, 0.15) is 0 Å². The number of sulfonamides is 1. The number of rotatable bonds is 9. The molecule has 0 bridgehead atoms. The lowest BCUT2D eigenvalue weighted by Crippen LogP contribution is -2.35. The monoisotopic (exact) mass is 489 g/mol. The van der Waals surface area contributed by atoms with E-state index in [0.29, 0.717) is 25.1 Å². The number of nitro groups is 1. The average Bonchev–Trinajstić information content (AvgIpc) is 2.83. The molecule has 0 unspecified atom stereocenters. The summed E-state index contributed by atoms with van der Waals surface area (Å²) in [5, 5.41) is 13.5. The van der Waals surface area contributed by atoms with Gasteiger partial charge in [0.2, 0.25) is 10.0 Å². The van der Waals surface area contributed by atoms with Crippen molar-refractivity contribution >= 4 is 33.3 Å². The van der Waals surface area contributed by atoms with Gasteiger partial charge in [-0.25, -0.2) is 8.42 Å². The molecule has 1 aliphatic rings. The minimum atomic E-state index is -3.50. The van der Waals surface area contributed by atoms with Crippen molar-refractivity contribution in [2.45, 2.75) is 43.9 Å². The summed E-state index contributed by atoms with van der Waals surface area (Å²) < 4.78 is 31.9. The van der Waals surface area contributed by atoms with Gasteiger partial charge in [0, 0.05) is 36.8 Å². The van der Waals surface area contributed by atoms with E-state index in [1.54, 1.807) is 31.2 Å². The Morgan fingerprint density at radius 1 is 1.09 bits per heavy atom. The second-order valence-corrected chi connectivity index (χ2v) is 10.0. The molecule has 0 aromatic heterocycles. The molecule has 34 heavy (non-hydrogen) atoms. The Labute approximate surface area is 198 Å². The average molecular weight is 490 g/mol. The van der Waals surface area contributed by atoms with Crippen LogP contribution in [0.15, 0.2) is 47.4 Å². The molecular weight excluding hydrogens is 462 g/mol. The predicted molar refractivity (Wildman–Crippen MR) is 125 cm³/mol. The third-order valence-electron chi connectivity index (χ3n) is 5.55. The second kappa shape index (κ2) is 11.2. The number of amides is 1. The van der Waals surface area contributed by atoms with Crippen molar-refractivity contribution in [3.63, 3.8) is 0 Å². The maximum absolute atomic E-state index is 12.7. The number of aryl methyl sites for hydroxylation is 2. The quantitative estimate of drug-likeness (QED) is 0.324. The van der Waals surface area contributed by atoms with Crippen LogP contribution in [0.1, 0.15) is 36.8 Å². The summed E-state index contributed by atoms with van der Waals surface area (Å²) in [6, 6.07) is 10.7. The number of piperidine rings is 1. The van der Waals surface area contributed by atoms with Crippen LogP contribution in [0.2, 0.25) is 0 Å². The van der Waals surface area contributed by atoms with Crippen molar-refractivity contribution in [2.24, 2.45) is 0 Å². The van der Waals surface area contributed by atoms with E-state index in [1.807, 2.05) is 0 Å². The van der Waals surface area contributed by atoms with E-state index >= 15 is 0 Å². The molecule has 0 radical (unpaired) electrons. The van der Waals surface area contributed by atoms with E-state index < -0.39 is 33.4 Å². The van der Waals surface area contributed by atoms with Gasteiger partial charge >= 0.3 is 5.97 Å². The number of carbonyl (C=O) groups excluding carboxylic acids is 2. The standard InChI is InChI=1S/C23H27N3O7S/c1-17-5-9-19(15-21(17)26(29)30)24-22(27)16-33-23(28)12-8-18-6-10-20(11-7-18)34(31,32)25-13-3-2-4-14-25/h5-7,9-11,15H,2-4,8,12-14,16H2,1H3,(H,24,27). The third-order valence-corrected chi connectivity index (χ3v) is 7.46. The van der Waals surface area contributed by atoms with Gasteiger partial charge in [0.05, 0.1) is 9.82 Å². The Kier molecular flexibility index (Phi) is 8.35. The van der Waals surface area contributed by atoms with Crippen molar-refractivity contribution in [3.8, 4) is 0 Å². The van der Waals surface area contributed by atoms with Crippen LogP contribution >= 0.6 is 0 Å². The number of ether oxygens (including phenoxy) is 1. The molecule has 1 aliphatic heterocycles. The molecule has 0 aliphatic carbocycles. The van der Waals surface area contributed by atoms with Crippen molar-refractivity contribution in [1.29, 1.82) is 0 Å². The number of hydrogen-bond acceptors (Lipinski definition) is 7. The van der Waals surface area contributed by atoms with E-state index in [4.69, 9.17) is 4.74 Å². The number of nitrogens with one attached hydrogen (secondary N) is 1. The van der Waals surface area contributed by atoms with Crippen LogP contribution in [-0.4, -0.2) is 49.2 Å². The minimum absolute atomic E-state index is 0.0154. The van der Waals surface area contributed by atoms with Crippen molar-refractivity contribution < 1.29 is 27.7 Å².